The topological polar surface area (TPSA) is 150 Å². The molecular weight excluding hydrogens is 498 g/mol. The highest BCUT2D eigenvalue weighted by Gasteiger charge is 2.40. The molecule has 37 heavy (non-hydrogen) atoms. The average Bonchev–Trinajstić information content (AvgIpc) is 3.57. The number of nitrogens with one attached hydrogen (secondary N) is 4. The molecular formula is C25H29N5O6S. The van der Waals surface area contributed by atoms with Gasteiger partial charge in [-0.1, -0.05) is 30.3 Å². The van der Waals surface area contributed by atoms with Crippen LogP contribution in [-0.4, -0.2) is 82.2 Å². The van der Waals surface area contributed by atoms with Crippen LogP contribution in [-0.2, 0) is 19.5 Å². The number of ether oxygens (including phenoxy) is 2. The summed E-state index contributed by atoms with van der Waals surface area (Å²) in [6.45, 7) is 2.42. The van der Waals surface area contributed by atoms with E-state index in [1.54, 1.807) is 29.2 Å². The average molecular weight is 528 g/mol. The van der Waals surface area contributed by atoms with Gasteiger partial charge in [-0.15, -0.1) is 0 Å². The van der Waals surface area contributed by atoms with Gasteiger partial charge in [-0.05, 0) is 31.0 Å². The summed E-state index contributed by atoms with van der Waals surface area (Å²) in [7, 11) is -3.91. The normalized spacial score (nSPS) is 19.6. The monoisotopic (exact) mass is 527 g/mol. The van der Waals surface area contributed by atoms with Gasteiger partial charge in [0, 0.05) is 30.8 Å². The van der Waals surface area contributed by atoms with Crippen LogP contribution in [0.15, 0.2) is 53.4 Å². The van der Waals surface area contributed by atoms with Crippen LogP contribution in [0.1, 0.15) is 39.1 Å². The lowest BCUT2D eigenvalue weighted by Crippen LogP contribution is -2.53. The van der Waals surface area contributed by atoms with Gasteiger partial charge in [-0.3, -0.25) is 15.0 Å². The molecule has 3 aliphatic rings. The Kier molecular flexibility index (Phi) is 6.99. The zero-order valence-electron chi connectivity index (χ0n) is 20.2. The minimum atomic E-state index is -3.91. The molecule has 0 unspecified atom stereocenters. The van der Waals surface area contributed by atoms with Crippen molar-refractivity contribution in [3.8, 4) is 0 Å². The molecule has 3 saturated heterocycles. The summed E-state index contributed by atoms with van der Waals surface area (Å²) in [5.41, 5.74) is 0.425. The lowest BCUT2D eigenvalue weighted by molar-refractivity contribution is -0.0355. The first-order valence-corrected chi connectivity index (χ1v) is 13.6. The van der Waals surface area contributed by atoms with Crippen molar-refractivity contribution in [2.24, 2.45) is 0 Å². The third kappa shape index (κ3) is 5.37. The van der Waals surface area contributed by atoms with Gasteiger partial charge in [0.15, 0.2) is 18.0 Å². The van der Waals surface area contributed by atoms with Gasteiger partial charge < -0.3 is 25.0 Å². The van der Waals surface area contributed by atoms with E-state index in [2.05, 4.69) is 15.4 Å². The molecule has 1 spiro atoms. The predicted octanol–water partition coefficient (Wildman–Crippen LogP) is 0.671. The molecule has 2 aromatic carbocycles. The van der Waals surface area contributed by atoms with Crippen LogP contribution in [0.25, 0.3) is 0 Å². The molecule has 0 saturated carbocycles. The number of sulfonamides is 1. The molecule has 0 bridgehead atoms. The molecule has 11 nitrogen and oxygen atoms in total. The third-order valence-electron chi connectivity index (χ3n) is 6.94. The smallest absolute Gasteiger partial charge is 0.254 e. The number of carbonyl (C=O) groups excluding carboxylic acids is 2. The van der Waals surface area contributed by atoms with Crippen molar-refractivity contribution in [1.29, 1.82) is 5.41 Å². The van der Waals surface area contributed by atoms with Gasteiger partial charge in [0.05, 0.1) is 35.8 Å². The first-order chi connectivity index (χ1) is 17.8. The number of nitrogens with zero attached hydrogens (tertiary/aromatic N) is 1. The number of carbonyl (C=O) groups is 2. The Hall–Kier alpha value is -3.32. The highest BCUT2D eigenvalue weighted by molar-refractivity contribution is 7.89. The van der Waals surface area contributed by atoms with Gasteiger partial charge in [0.25, 0.3) is 5.91 Å². The molecule has 3 fully saturated rings. The summed E-state index contributed by atoms with van der Waals surface area (Å²) in [5.74, 6) is -0.385. The molecule has 5 rings (SSSR count). The molecule has 3 aliphatic heterocycles. The number of piperidine rings is 1. The fraction of sp³-hybridized carbons (Fsp3) is 0.400. The Morgan fingerprint density at radius 2 is 1.76 bits per heavy atom. The molecule has 0 aliphatic carbocycles. The molecule has 196 valence electrons. The Balaban J connectivity index is 1.32. The SMILES string of the molecule is N=C1NCC2(CCN(C(=O)c3ccccc3C(=O)c3cccc(S(=O)(=O)NCC4OCCO4)c3)CC2)N1. The second-order valence-corrected chi connectivity index (χ2v) is 11.1. The van der Waals surface area contributed by atoms with Crippen molar-refractivity contribution in [3.05, 3.63) is 65.2 Å². The number of rotatable bonds is 7. The van der Waals surface area contributed by atoms with Crippen LogP contribution in [0.3, 0.4) is 0 Å². The number of benzene rings is 2. The van der Waals surface area contributed by atoms with E-state index >= 15 is 0 Å². The number of amides is 1. The zero-order valence-corrected chi connectivity index (χ0v) is 21.0. The second-order valence-electron chi connectivity index (χ2n) is 9.35. The largest absolute Gasteiger partial charge is 0.354 e. The maximum atomic E-state index is 13.5. The van der Waals surface area contributed by atoms with E-state index in [4.69, 9.17) is 14.9 Å². The van der Waals surface area contributed by atoms with Crippen molar-refractivity contribution < 1.29 is 27.5 Å². The van der Waals surface area contributed by atoms with Crippen molar-refractivity contribution in [3.63, 3.8) is 0 Å². The number of hydrogen-bond donors (Lipinski definition) is 4. The molecule has 0 atom stereocenters. The number of guanidine groups is 1. The van der Waals surface area contributed by atoms with Gasteiger partial charge in [0.2, 0.25) is 10.0 Å². The standard InChI is InChI=1S/C25H29N5O6S/c26-24-27-16-25(29-24)8-10-30(11-9-25)23(32)20-7-2-1-6-19(20)22(31)17-4-3-5-18(14-17)37(33,34)28-15-21-35-12-13-36-21/h1-7,14,21,28H,8-13,15-16H2,(H3,26,27,29). The van der Waals surface area contributed by atoms with Crippen LogP contribution in [0.4, 0.5) is 0 Å². The summed E-state index contributed by atoms with van der Waals surface area (Å²) in [6, 6.07) is 12.3. The van der Waals surface area contributed by atoms with E-state index < -0.39 is 22.1 Å². The number of hydrogen-bond acceptors (Lipinski definition) is 7. The fourth-order valence-corrected chi connectivity index (χ4v) is 5.90. The van der Waals surface area contributed by atoms with Gasteiger partial charge >= 0.3 is 0 Å². The summed E-state index contributed by atoms with van der Waals surface area (Å²) in [4.78, 5) is 28.6. The van der Waals surface area contributed by atoms with Crippen LogP contribution in [0.5, 0.6) is 0 Å². The van der Waals surface area contributed by atoms with Crippen molar-refractivity contribution in [1.82, 2.24) is 20.3 Å². The van der Waals surface area contributed by atoms with Crippen LogP contribution < -0.4 is 15.4 Å². The number of ketones is 1. The summed E-state index contributed by atoms with van der Waals surface area (Å²) in [5, 5.41) is 13.9. The Labute approximate surface area is 215 Å². The van der Waals surface area contributed by atoms with Gasteiger partial charge in [-0.2, -0.15) is 0 Å². The molecule has 1 amide bonds. The van der Waals surface area contributed by atoms with Crippen molar-refractivity contribution in [2.45, 2.75) is 29.6 Å². The quantitative estimate of drug-likeness (QED) is 0.384. The van der Waals surface area contributed by atoms with E-state index in [9.17, 15) is 18.0 Å². The highest BCUT2D eigenvalue weighted by Crippen LogP contribution is 2.26. The molecule has 4 N–H and O–H groups in total. The van der Waals surface area contributed by atoms with E-state index in [1.807, 2.05) is 0 Å². The number of likely N-dealkylation sites (tertiary alicyclic amines) is 1. The maximum Gasteiger partial charge on any atom is 0.254 e. The van der Waals surface area contributed by atoms with E-state index in [-0.39, 0.29) is 39.6 Å². The Morgan fingerprint density at radius 1 is 1.05 bits per heavy atom. The molecule has 12 heteroatoms. The van der Waals surface area contributed by atoms with Crippen LogP contribution >= 0.6 is 0 Å². The predicted molar refractivity (Wildman–Crippen MR) is 134 cm³/mol. The summed E-state index contributed by atoms with van der Waals surface area (Å²) in [6.07, 6.45) is 0.734. The lowest BCUT2D eigenvalue weighted by atomic mass is 9.88. The molecule has 3 heterocycles. The third-order valence-corrected chi connectivity index (χ3v) is 8.36. The summed E-state index contributed by atoms with van der Waals surface area (Å²) < 4.78 is 38.6. The van der Waals surface area contributed by atoms with Crippen molar-refractivity contribution in [2.75, 3.05) is 39.4 Å². The van der Waals surface area contributed by atoms with Crippen LogP contribution in [0.2, 0.25) is 0 Å². The minimum Gasteiger partial charge on any atom is -0.354 e. The first kappa shape index (κ1) is 25.3. The first-order valence-electron chi connectivity index (χ1n) is 12.1. The zero-order chi connectivity index (χ0) is 26.0. The fourth-order valence-electron chi connectivity index (χ4n) is 4.83. The van der Waals surface area contributed by atoms with Gasteiger partial charge in [0.1, 0.15) is 0 Å². The maximum absolute atomic E-state index is 13.5. The highest BCUT2D eigenvalue weighted by atomic mass is 32.2. The van der Waals surface area contributed by atoms with Gasteiger partial charge in [-0.25, -0.2) is 13.1 Å². The molecule has 0 aromatic heterocycles. The molecule has 0 radical (unpaired) electrons. The Bertz CT molecular complexity index is 1320. The van der Waals surface area contributed by atoms with Crippen molar-refractivity contribution >= 4 is 27.7 Å². The Morgan fingerprint density at radius 3 is 2.43 bits per heavy atom. The lowest BCUT2D eigenvalue weighted by Gasteiger charge is -2.38. The van der Waals surface area contributed by atoms with E-state index in [0.717, 1.165) is 0 Å². The molecule has 2 aromatic rings. The van der Waals surface area contributed by atoms with E-state index in [1.165, 1.54) is 24.3 Å². The van der Waals surface area contributed by atoms with E-state index in [0.29, 0.717) is 51.6 Å². The second kappa shape index (κ2) is 10.2. The minimum absolute atomic E-state index is 0.0400. The van der Waals surface area contributed by atoms with Crippen LogP contribution in [0, 0.1) is 5.41 Å². The summed E-state index contributed by atoms with van der Waals surface area (Å²) >= 11 is 0.